The van der Waals surface area contributed by atoms with E-state index in [1.165, 1.54) is 67.4 Å². The Morgan fingerprint density at radius 2 is 1.62 bits per heavy atom. The quantitative estimate of drug-likeness (QED) is 0.639. The maximum Gasteiger partial charge on any atom is 0.222 e. The lowest BCUT2D eigenvalue weighted by Crippen LogP contribution is -2.33. The first-order chi connectivity index (χ1) is 15.7. The van der Waals surface area contributed by atoms with Gasteiger partial charge in [0.1, 0.15) is 5.75 Å². The fraction of sp³-hybridized carbons (Fsp3) is 0.536. The van der Waals surface area contributed by atoms with E-state index < -0.39 is 0 Å². The number of rotatable bonds is 7. The van der Waals surface area contributed by atoms with Crippen LogP contribution in [0.3, 0.4) is 0 Å². The normalized spacial score (nSPS) is 19.2. The molecular weight excluding hydrogens is 396 g/mol. The summed E-state index contributed by atoms with van der Waals surface area (Å²) >= 11 is 0. The third-order valence-electron chi connectivity index (χ3n) is 7.50. The van der Waals surface area contributed by atoms with E-state index >= 15 is 0 Å². The Balaban J connectivity index is 1.05. The molecule has 5 rings (SSSR count). The molecule has 2 fully saturated rings. The second-order valence-electron chi connectivity index (χ2n) is 9.87. The van der Waals surface area contributed by atoms with Crippen LogP contribution in [-0.4, -0.2) is 48.5 Å². The fourth-order valence-electron chi connectivity index (χ4n) is 5.50. The van der Waals surface area contributed by atoms with Crippen molar-refractivity contribution in [1.29, 1.82) is 0 Å². The highest BCUT2D eigenvalue weighted by Crippen LogP contribution is 2.28. The Hall–Kier alpha value is -2.33. The Morgan fingerprint density at radius 1 is 0.906 bits per heavy atom. The zero-order chi connectivity index (χ0) is 21.8. The predicted molar refractivity (Wildman–Crippen MR) is 128 cm³/mol. The van der Waals surface area contributed by atoms with Gasteiger partial charge in [0.2, 0.25) is 5.91 Å². The Kier molecular flexibility index (Phi) is 6.77. The largest absolute Gasteiger partial charge is 0.493 e. The summed E-state index contributed by atoms with van der Waals surface area (Å²) < 4.78 is 5.64. The second-order valence-corrected chi connectivity index (χ2v) is 9.87. The summed E-state index contributed by atoms with van der Waals surface area (Å²) in [5.74, 6) is 2.19. The molecule has 2 aromatic rings. The van der Waals surface area contributed by atoms with Crippen LogP contribution in [0, 0.1) is 5.92 Å². The monoisotopic (exact) mass is 432 g/mol. The van der Waals surface area contributed by atoms with Crippen LogP contribution in [0.5, 0.6) is 5.75 Å². The standard InChI is InChI=1S/C28H36N2O2/c31-28(30-14-1-2-15-30)10-8-22-3-5-23(6-4-22)19-24-11-16-29(17-12-24)21-25-7-9-27-26(20-25)13-18-32-27/h3-7,9,20,24H,1-2,8,10-19,21H2. The molecule has 0 unspecified atom stereocenters. The third kappa shape index (κ3) is 5.35. The van der Waals surface area contributed by atoms with Gasteiger partial charge in [-0.25, -0.2) is 0 Å². The molecule has 2 aromatic carbocycles. The van der Waals surface area contributed by atoms with Crippen LogP contribution in [0.2, 0.25) is 0 Å². The van der Waals surface area contributed by atoms with Gasteiger partial charge in [0, 0.05) is 32.5 Å². The van der Waals surface area contributed by atoms with Crippen molar-refractivity contribution >= 4 is 5.91 Å². The number of carbonyl (C=O) groups excluding carboxylic acids is 1. The van der Waals surface area contributed by atoms with Gasteiger partial charge in [0.25, 0.3) is 0 Å². The minimum Gasteiger partial charge on any atom is -0.493 e. The zero-order valence-corrected chi connectivity index (χ0v) is 19.2. The van der Waals surface area contributed by atoms with Gasteiger partial charge in [0.15, 0.2) is 0 Å². The lowest BCUT2D eigenvalue weighted by atomic mass is 9.89. The molecule has 170 valence electrons. The molecule has 0 spiro atoms. The average molecular weight is 433 g/mol. The number of piperidine rings is 1. The number of carbonyl (C=O) groups is 1. The first-order valence-electron chi connectivity index (χ1n) is 12.6. The molecule has 0 atom stereocenters. The molecule has 3 aliphatic rings. The van der Waals surface area contributed by atoms with Crippen LogP contribution >= 0.6 is 0 Å². The summed E-state index contributed by atoms with van der Waals surface area (Å²) in [6.45, 7) is 6.19. The SMILES string of the molecule is O=C(CCc1ccc(CC2CCN(Cc3ccc4c(c3)CCO4)CC2)cc1)N1CCCC1. The molecule has 1 amide bonds. The molecule has 0 radical (unpaired) electrons. The van der Waals surface area contributed by atoms with E-state index in [-0.39, 0.29) is 0 Å². The lowest BCUT2D eigenvalue weighted by Gasteiger charge is -2.32. The van der Waals surface area contributed by atoms with Gasteiger partial charge >= 0.3 is 0 Å². The minimum atomic E-state index is 0.326. The van der Waals surface area contributed by atoms with Gasteiger partial charge in [0.05, 0.1) is 6.61 Å². The highest BCUT2D eigenvalue weighted by atomic mass is 16.5. The number of amides is 1. The minimum absolute atomic E-state index is 0.326. The van der Waals surface area contributed by atoms with Crippen LogP contribution in [0.25, 0.3) is 0 Å². The molecule has 0 aliphatic carbocycles. The van der Waals surface area contributed by atoms with Crippen LogP contribution in [0.4, 0.5) is 0 Å². The molecule has 4 nitrogen and oxygen atoms in total. The maximum atomic E-state index is 12.3. The van der Waals surface area contributed by atoms with Crippen molar-refractivity contribution in [2.75, 3.05) is 32.8 Å². The molecule has 3 aliphatic heterocycles. The van der Waals surface area contributed by atoms with E-state index in [0.29, 0.717) is 12.3 Å². The van der Waals surface area contributed by atoms with Gasteiger partial charge in [-0.2, -0.15) is 0 Å². The van der Waals surface area contributed by atoms with Gasteiger partial charge < -0.3 is 9.64 Å². The first-order valence-corrected chi connectivity index (χ1v) is 12.6. The van der Waals surface area contributed by atoms with Gasteiger partial charge in [-0.15, -0.1) is 0 Å². The average Bonchev–Trinajstić information content (AvgIpc) is 3.52. The van der Waals surface area contributed by atoms with E-state index in [4.69, 9.17) is 4.74 Å². The van der Waals surface area contributed by atoms with Crippen molar-refractivity contribution in [3.8, 4) is 5.75 Å². The van der Waals surface area contributed by atoms with Crippen molar-refractivity contribution in [2.24, 2.45) is 5.92 Å². The Bertz CT molecular complexity index is 910. The fourth-order valence-corrected chi connectivity index (χ4v) is 5.50. The maximum absolute atomic E-state index is 12.3. The summed E-state index contributed by atoms with van der Waals surface area (Å²) in [6, 6.07) is 15.8. The van der Waals surface area contributed by atoms with Gasteiger partial charge in [-0.1, -0.05) is 36.4 Å². The summed E-state index contributed by atoms with van der Waals surface area (Å²) in [5, 5.41) is 0. The number of aryl methyl sites for hydroxylation is 1. The van der Waals surface area contributed by atoms with E-state index in [1.807, 2.05) is 4.90 Å². The van der Waals surface area contributed by atoms with Crippen molar-refractivity contribution in [3.05, 3.63) is 64.7 Å². The van der Waals surface area contributed by atoms with E-state index in [9.17, 15) is 4.79 Å². The number of likely N-dealkylation sites (tertiary alicyclic amines) is 2. The number of benzene rings is 2. The van der Waals surface area contributed by atoms with E-state index in [1.54, 1.807) is 0 Å². The van der Waals surface area contributed by atoms with Crippen molar-refractivity contribution in [2.45, 2.75) is 57.9 Å². The summed E-state index contributed by atoms with van der Waals surface area (Å²) in [7, 11) is 0. The molecule has 0 bridgehead atoms. The highest BCUT2D eigenvalue weighted by molar-refractivity contribution is 5.76. The summed E-state index contributed by atoms with van der Waals surface area (Å²) in [4.78, 5) is 16.9. The molecule has 3 heterocycles. The Morgan fingerprint density at radius 3 is 2.41 bits per heavy atom. The molecule has 4 heteroatoms. The van der Waals surface area contributed by atoms with Crippen LogP contribution in [-0.2, 0) is 30.6 Å². The van der Waals surface area contributed by atoms with Gasteiger partial charge in [-0.05, 0) is 85.9 Å². The van der Waals surface area contributed by atoms with Gasteiger partial charge in [-0.3, -0.25) is 9.69 Å². The van der Waals surface area contributed by atoms with Crippen LogP contribution in [0.15, 0.2) is 42.5 Å². The van der Waals surface area contributed by atoms with Crippen molar-refractivity contribution < 1.29 is 9.53 Å². The predicted octanol–water partition coefficient (Wildman–Crippen LogP) is 4.63. The van der Waals surface area contributed by atoms with Crippen molar-refractivity contribution in [1.82, 2.24) is 9.80 Å². The number of fused-ring (bicyclic) bond motifs is 1. The third-order valence-corrected chi connectivity index (χ3v) is 7.50. The summed E-state index contributed by atoms with van der Waals surface area (Å²) in [5.41, 5.74) is 5.53. The summed E-state index contributed by atoms with van der Waals surface area (Å²) in [6.07, 6.45) is 8.64. The smallest absolute Gasteiger partial charge is 0.222 e. The molecule has 0 N–H and O–H groups in total. The zero-order valence-electron chi connectivity index (χ0n) is 19.2. The van der Waals surface area contributed by atoms with E-state index in [2.05, 4.69) is 47.4 Å². The van der Waals surface area contributed by atoms with Crippen LogP contribution in [0.1, 0.15) is 54.4 Å². The van der Waals surface area contributed by atoms with Crippen molar-refractivity contribution in [3.63, 3.8) is 0 Å². The Labute approximate surface area is 192 Å². The molecule has 32 heavy (non-hydrogen) atoms. The number of nitrogens with zero attached hydrogens (tertiary/aromatic N) is 2. The molecule has 2 saturated heterocycles. The lowest BCUT2D eigenvalue weighted by molar-refractivity contribution is -0.130. The second kappa shape index (κ2) is 10.1. The topological polar surface area (TPSA) is 32.8 Å². The molecular formula is C28H36N2O2. The first kappa shape index (κ1) is 21.5. The highest BCUT2D eigenvalue weighted by Gasteiger charge is 2.21. The molecule has 0 aromatic heterocycles. The molecule has 0 saturated carbocycles. The number of ether oxygens (including phenoxy) is 1. The van der Waals surface area contributed by atoms with Crippen LogP contribution < -0.4 is 4.74 Å². The van der Waals surface area contributed by atoms with E-state index in [0.717, 1.165) is 50.8 Å². The number of hydrogen-bond donors (Lipinski definition) is 0. The number of hydrogen-bond acceptors (Lipinski definition) is 3.